The number of carbonyl (C=O) groups excluding carboxylic acids is 3. The fourth-order valence-corrected chi connectivity index (χ4v) is 5.75. The second-order valence-corrected chi connectivity index (χ2v) is 13.9. The molecule has 6 heteroatoms. The van der Waals surface area contributed by atoms with E-state index in [-0.39, 0.29) is 31.1 Å². The molecule has 0 saturated carbocycles. The first kappa shape index (κ1) is 46.9. The van der Waals surface area contributed by atoms with Gasteiger partial charge in [-0.05, 0) is 44.9 Å². The predicted octanol–water partition coefficient (Wildman–Crippen LogP) is 12.9. The van der Waals surface area contributed by atoms with Crippen LogP contribution in [0.15, 0.2) is 24.3 Å². The minimum atomic E-state index is -0.766. The van der Waals surface area contributed by atoms with Crippen molar-refractivity contribution in [3.05, 3.63) is 24.3 Å². The first-order valence-electron chi connectivity index (χ1n) is 20.8. The number of carbonyl (C=O) groups is 3. The van der Waals surface area contributed by atoms with Gasteiger partial charge in [0.1, 0.15) is 13.2 Å². The molecule has 0 amide bonds. The zero-order chi connectivity index (χ0) is 35.9. The lowest BCUT2D eigenvalue weighted by Crippen LogP contribution is -2.30. The van der Waals surface area contributed by atoms with Gasteiger partial charge in [-0.25, -0.2) is 0 Å². The molecule has 0 spiro atoms. The Morgan fingerprint density at radius 3 is 1.18 bits per heavy atom. The van der Waals surface area contributed by atoms with E-state index in [4.69, 9.17) is 14.2 Å². The summed E-state index contributed by atoms with van der Waals surface area (Å²) in [6.07, 6.45) is 40.2. The third-order valence-corrected chi connectivity index (χ3v) is 8.96. The van der Waals surface area contributed by atoms with Gasteiger partial charge in [0.25, 0.3) is 0 Å². The molecule has 0 aromatic heterocycles. The van der Waals surface area contributed by atoms with Crippen LogP contribution in [0, 0.1) is 0 Å². The van der Waals surface area contributed by atoms with Crippen molar-refractivity contribution >= 4 is 17.9 Å². The molecule has 0 radical (unpaired) electrons. The summed E-state index contributed by atoms with van der Waals surface area (Å²) in [5.41, 5.74) is 0. The second-order valence-electron chi connectivity index (χ2n) is 13.9. The number of unbranched alkanes of at least 4 members (excludes halogenated alkanes) is 22. The van der Waals surface area contributed by atoms with Crippen LogP contribution in [0.3, 0.4) is 0 Å². The highest BCUT2D eigenvalue weighted by Crippen LogP contribution is 2.14. The van der Waals surface area contributed by atoms with E-state index in [1.54, 1.807) is 0 Å². The van der Waals surface area contributed by atoms with E-state index >= 15 is 0 Å². The summed E-state index contributed by atoms with van der Waals surface area (Å²) in [6.45, 7) is 6.52. The quantitative estimate of drug-likeness (QED) is 0.0279. The molecule has 0 N–H and O–H groups in total. The number of ether oxygens (including phenoxy) is 3. The van der Waals surface area contributed by atoms with Crippen LogP contribution in [0.4, 0.5) is 0 Å². The molecular weight excluding hydrogens is 612 g/mol. The normalized spacial score (nSPS) is 12.1. The van der Waals surface area contributed by atoms with E-state index in [1.165, 1.54) is 96.3 Å². The molecular formula is C43H78O6. The Kier molecular flexibility index (Phi) is 37.0. The van der Waals surface area contributed by atoms with Gasteiger partial charge < -0.3 is 14.2 Å². The SMILES string of the molecule is CCCC/C=C\C/C=C\CCCCCCCC(=O)OCC(COC(=O)CCCCCCCCC)OC(=O)CCCCCCCCCCCC. The second kappa shape index (κ2) is 38.7. The summed E-state index contributed by atoms with van der Waals surface area (Å²) in [5.74, 6) is -0.896. The Labute approximate surface area is 303 Å². The van der Waals surface area contributed by atoms with Gasteiger partial charge in [-0.15, -0.1) is 0 Å². The Hall–Kier alpha value is -2.11. The lowest BCUT2D eigenvalue weighted by Gasteiger charge is -2.18. The van der Waals surface area contributed by atoms with E-state index in [1.807, 2.05) is 0 Å². The van der Waals surface area contributed by atoms with E-state index in [9.17, 15) is 14.4 Å². The molecule has 0 saturated heterocycles. The third kappa shape index (κ3) is 37.0. The van der Waals surface area contributed by atoms with Gasteiger partial charge in [0.15, 0.2) is 6.10 Å². The number of esters is 3. The Balaban J connectivity index is 4.33. The Morgan fingerprint density at radius 2 is 0.755 bits per heavy atom. The maximum atomic E-state index is 12.6. The minimum absolute atomic E-state index is 0.0734. The van der Waals surface area contributed by atoms with Gasteiger partial charge >= 0.3 is 17.9 Å². The van der Waals surface area contributed by atoms with E-state index < -0.39 is 6.10 Å². The van der Waals surface area contributed by atoms with Crippen LogP contribution < -0.4 is 0 Å². The molecule has 0 aliphatic heterocycles. The first-order chi connectivity index (χ1) is 24.0. The molecule has 0 aliphatic rings. The number of allylic oxidation sites excluding steroid dienone is 4. The van der Waals surface area contributed by atoms with E-state index in [0.717, 1.165) is 77.0 Å². The van der Waals surface area contributed by atoms with Gasteiger partial charge in [-0.2, -0.15) is 0 Å². The Bertz CT molecular complexity index is 804. The van der Waals surface area contributed by atoms with Crippen molar-refractivity contribution in [1.29, 1.82) is 0 Å². The maximum absolute atomic E-state index is 12.6. The summed E-state index contributed by atoms with van der Waals surface area (Å²) in [5, 5.41) is 0. The van der Waals surface area contributed by atoms with Crippen LogP contribution >= 0.6 is 0 Å². The number of rotatable bonds is 37. The van der Waals surface area contributed by atoms with Crippen molar-refractivity contribution in [3.8, 4) is 0 Å². The summed E-state index contributed by atoms with van der Waals surface area (Å²) < 4.78 is 16.6. The Morgan fingerprint density at radius 1 is 0.408 bits per heavy atom. The van der Waals surface area contributed by atoms with Crippen LogP contribution in [0.5, 0.6) is 0 Å². The largest absolute Gasteiger partial charge is 0.462 e. The molecule has 0 heterocycles. The van der Waals surface area contributed by atoms with Crippen LogP contribution in [-0.2, 0) is 28.6 Å². The van der Waals surface area contributed by atoms with Crippen molar-refractivity contribution < 1.29 is 28.6 Å². The predicted molar refractivity (Wildman–Crippen MR) is 206 cm³/mol. The fourth-order valence-electron chi connectivity index (χ4n) is 5.75. The van der Waals surface area contributed by atoms with Gasteiger partial charge in [-0.1, -0.05) is 173 Å². The monoisotopic (exact) mass is 691 g/mol. The molecule has 0 bridgehead atoms. The van der Waals surface area contributed by atoms with Crippen molar-refractivity contribution in [2.45, 2.75) is 219 Å². The molecule has 0 aliphatic carbocycles. The summed E-state index contributed by atoms with van der Waals surface area (Å²) >= 11 is 0. The molecule has 0 aromatic rings. The summed E-state index contributed by atoms with van der Waals surface area (Å²) in [6, 6.07) is 0. The molecule has 286 valence electrons. The topological polar surface area (TPSA) is 78.9 Å². The van der Waals surface area contributed by atoms with Gasteiger partial charge in [0.2, 0.25) is 0 Å². The standard InChI is InChI=1S/C43H78O6/c1-4-7-10-13-16-18-20-21-22-23-25-27-30-33-36-42(45)48-39-40(38-47-41(44)35-32-29-26-15-12-9-6-3)49-43(46)37-34-31-28-24-19-17-14-11-8-5-2/h13,16,20-21,40H,4-12,14-15,17-19,22-39H2,1-3H3/b16-13-,21-20-. The van der Waals surface area contributed by atoms with Crippen LogP contribution in [-0.4, -0.2) is 37.2 Å². The van der Waals surface area contributed by atoms with Gasteiger partial charge in [0, 0.05) is 19.3 Å². The van der Waals surface area contributed by atoms with Crippen molar-refractivity contribution in [3.63, 3.8) is 0 Å². The van der Waals surface area contributed by atoms with Crippen LogP contribution in [0.1, 0.15) is 213 Å². The lowest BCUT2D eigenvalue weighted by atomic mass is 10.1. The maximum Gasteiger partial charge on any atom is 0.306 e. The zero-order valence-corrected chi connectivity index (χ0v) is 32.5. The molecule has 0 aromatic carbocycles. The van der Waals surface area contributed by atoms with E-state index in [0.29, 0.717) is 19.3 Å². The highest BCUT2D eigenvalue weighted by molar-refractivity contribution is 5.71. The van der Waals surface area contributed by atoms with Crippen LogP contribution in [0.2, 0.25) is 0 Å². The fraction of sp³-hybridized carbons (Fsp3) is 0.837. The molecule has 6 nitrogen and oxygen atoms in total. The average Bonchev–Trinajstić information content (AvgIpc) is 3.10. The van der Waals surface area contributed by atoms with Crippen LogP contribution in [0.25, 0.3) is 0 Å². The smallest absolute Gasteiger partial charge is 0.306 e. The first-order valence-corrected chi connectivity index (χ1v) is 20.8. The van der Waals surface area contributed by atoms with Crippen molar-refractivity contribution in [2.75, 3.05) is 13.2 Å². The van der Waals surface area contributed by atoms with Crippen molar-refractivity contribution in [1.82, 2.24) is 0 Å². The van der Waals surface area contributed by atoms with Crippen molar-refractivity contribution in [2.24, 2.45) is 0 Å². The highest BCUT2D eigenvalue weighted by Gasteiger charge is 2.19. The molecule has 1 unspecified atom stereocenters. The lowest BCUT2D eigenvalue weighted by molar-refractivity contribution is -0.167. The van der Waals surface area contributed by atoms with Gasteiger partial charge in [0.05, 0.1) is 0 Å². The van der Waals surface area contributed by atoms with E-state index in [2.05, 4.69) is 45.1 Å². The average molecular weight is 691 g/mol. The number of hydrogen-bond donors (Lipinski definition) is 0. The minimum Gasteiger partial charge on any atom is -0.462 e. The molecule has 0 fully saturated rings. The molecule has 49 heavy (non-hydrogen) atoms. The molecule has 0 rings (SSSR count). The zero-order valence-electron chi connectivity index (χ0n) is 32.5. The molecule has 1 atom stereocenters. The number of hydrogen-bond acceptors (Lipinski definition) is 6. The summed E-state index contributed by atoms with van der Waals surface area (Å²) in [4.78, 5) is 37.4. The third-order valence-electron chi connectivity index (χ3n) is 8.96. The summed E-state index contributed by atoms with van der Waals surface area (Å²) in [7, 11) is 0. The van der Waals surface area contributed by atoms with Gasteiger partial charge in [-0.3, -0.25) is 14.4 Å². The highest BCUT2D eigenvalue weighted by atomic mass is 16.6.